The van der Waals surface area contributed by atoms with Crippen molar-refractivity contribution in [1.82, 2.24) is 25.2 Å². The van der Waals surface area contributed by atoms with Crippen LogP contribution in [0.15, 0.2) is 61.1 Å². The second-order valence-corrected chi connectivity index (χ2v) is 6.10. The molecule has 0 aliphatic carbocycles. The van der Waals surface area contributed by atoms with Crippen molar-refractivity contribution in [3.63, 3.8) is 0 Å². The zero-order valence-electron chi connectivity index (χ0n) is 13.9. The number of rotatable bonds is 4. The molecule has 1 aromatic carbocycles. The van der Waals surface area contributed by atoms with Crippen LogP contribution >= 0.6 is 12.4 Å². The highest BCUT2D eigenvalue weighted by atomic mass is 35.5. The van der Waals surface area contributed by atoms with Crippen molar-refractivity contribution in [1.29, 1.82) is 0 Å². The van der Waals surface area contributed by atoms with E-state index in [0.29, 0.717) is 6.04 Å². The Balaban J connectivity index is 0.00000182. The summed E-state index contributed by atoms with van der Waals surface area (Å²) in [5.41, 5.74) is 3.52. The Bertz CT molecular complexity index is 775. The van der Waals surface area contributed by atoms with Gasteiger partial charge in [0.2, 0.25) is 0 Å². The summed E-state index contributed by atoms with van der Waals surface area (Å²) < 4.78 is 0. The lowest BCUT2D eigenvalue weighted by Gasteiger charge is -2.36. The average molecular weight is 356 g/mol. The van der Waals surface area contributed by atoms with Crippen LogP contribution < -0.4 is 5.32 Å². The number of pyridine rings is 1. The monoisotopic (exact) mass is 355 g/mol. The van der Waals surface area contributed by atoms with Crippen molar-refractivity contribution >= 4 is 12.4 Å². The van der Waals surface area contributed by atoms with Crippen LogP contribution in [0.5, 0.6) is 0 Å². The van der Waals surface area contributed by atoms with E-state index in [-0.39, 0.29) is 12.4 Å². The average Bonchev–Trinajstić information content (AvgIpc) is 3.12. The maximum atomic E-state index is 4.54. The number of piperazine rings is 1. The van der Waals surface area contributed by atoms with Crippen molar-refractivity contribution in [3.05, 3.63) is 72.3 Å². The first-order chi connectivity index (χ1) is 11.9. The number of benzene rings is 1. The molecule has 1 saturated heterocycles. The van der Waals surface area contributed by atoms with E-state index < -0.39 is 0 Å². The number of nitrogens with zero attached hydrogens (tertiary/aromatic N) is 3. The van der Waals surface area contributed by atoms with Gasteiger partial charge in [-0.25, -0.2) is 4.98 Å². The molecular weight excluding hydrogens is 334 g/mol. The zero-order valence-corrected chi connectivity index (χ0v) is 14.7. The molecule has 25 heavy (non-hydrogen) atoms. The van der Waals surface area contributed by atoms with Crippen LogP contribution in [0.25, 0.3) is 11.4 Å². The summed E-state index contributed by atoms with van der Waals surface area (Å²) in [4.78, 5) is 14.8. The van der Waals surface area contributed by atoms with Gasteiger partial charge in [-0.05, 0) is 11.6 Å². The van der Waals surface area contributed by atoms with E-state index in [0.717, 1.165) is 43.3 Å². The van der Waals surface area contributed by atoms with Crippen molar-refractivity contribution in [3.8, 4) is 11.4 Å². The minimum absolute atomic E-state index is 0. The Morgan fingerprint density at radius 1 is 1.08 bits per heavy atom. The Labute approximate surface area is 153 Å². The molecule has 1 unspecified atom stereocenters. The van der Waals surface area contributed by atoms with Crippen LogP contribution in [-0.2, 0) is 6.54 Å². The van der Waals surface area contributed by atoms with E-state index in [1.165, 1.54) is 5.56 Å². The molecule has 1 aliphatic rings. The Kier molecular flexibility index (Phi) is 5.81. The van der Waals surface area contributed by atoms with E-state index in [2.05, 4.69) is 43.4 Å². The molecule has 130 valence electrons. The molecule has 3 heterocycles. The predicted molar refractivity (Wildman–Crippen MR) is 102 cm³/mol. The van der Waals surface area contributed by atoms with E-state index in [1.807, 2.05) is 42.9 Å². The van der Waals surface area contributed by atoms with Gasteiger partial charge in [0.1, 0.15) is 5.82 Å². The SMILES string of the molecule is Cl.c1ccc(-c2ncc(CN3CCNCC3c3cccnc3)[nH]2)cc1. The van der Waals surface area contributed by atoms with Crippen LogP contribution in [0.3, 0.4) is 0 Å². The highest BCUT2D eigenvalue weighted by Crippen LogP contribution is 2.24. The Morgan fingerprint density at radius 2 is 1.96 bits per heavy atom. The highest BCUT2D eigenvalue weighted by Gasteiger charge is 2.24. The smallest absolute Gasteiger partial charge is 0.137 e. The third kappa shape index (κ3) is 4.07. The van der Waals surface area contributed by atoms with Gasteiger partial charge in [0.25, 0.3) is 0 Å². The Morgan fingerprint density at radius 3 is 2.76 bits per heavy atom. The standard InChI is InChI=1S/C19H21N5.ClH/c1-2-5-15(6-3-1)19-22-12-17(23-19)14-24-10-9-21-13-18(24)16-7-4-8-20-11-16;/h1-8,11-12,18,21H,9-10,13-14H2,(H,22,23);1H. The summed E-state index contributed by atoms with van der Waals surface area (Å²) in [6.07, 6.45) is 5.74. The lowest BCUT2D eigenvalue weighted by Crippen LogP contribution is -2.45. The van der Waals surface area contributed by atoms with Crippen LogP contribution in [0.4, 0.5) is 0 Å². The highest BCUT2D eigenvalue weighted by molar-refractivity contribution is 5.85. The fraction of sp³-hybridized carbons (Fsp3) is 0.263. The molecule has 3 aromatic rings. The normalized spacial score (nSPS) is 17.8. The van der Waals surface area contributed by atoms with Crippen molar-refractivity contribution in [2.24, 2.45) is 0 Å². The second-order valence-electron chi connectivity index (χ2n) is 6.10. The first-order valence-corrected chi connectivity index (χ1v) is 8.34. The fourth-order valence-corrected chi connectivity index (χ4v) is 3.24. The molecule has 1 aliphatic heterocycles. The van der Waals surface area contributed by atoms with E-state index >= 15 is 0 Å². The summed E-state index contributed by atoms with van der Waals surface area (Å²) in [5.74, 6) is 0.929. The molecule has 0 saturated carbocycles. The van der Waals surface area contributed by atoms with Crippen LogP contribution in [0.1, 0.15) is 17.3 Å². The van der Waals surface area contributed by atoms with Crippen molar-refractivity contribution in [2.75, 3.05) is 19.6 Å². The van der Waals surface area contributed by atoms with Crippen LogP contribution in [-0.4, -0.2) is 39.5 Å². The van der Waals surface area contributed by atoms with E-state index in [1.54, 1.807) is 0 Å². The molecule has 2 N–H and O–H groups in total. The second kappa shape index (κ2) is 8.25. The minimum atomic E-state index is 0. The zero-order chi connectivity index (χ0) is 16.2. The van der Waals surface area contributed by atoms with E-state index in [9.17, 15) is 0 Å². The summed E-state index contributed by atoms with van der Waals surface area (Å²) >= 11 is 0. The quantitative estimate of drug-likeness (QED) is 0.755. The number of aromatic nitrogens is 3. The van der Waals surface area contributed by atoms with Gasteiger partial charge >= 0.3 is 0 Å². The largest absolute Gasteiger partial charge is 0.341 e. The maximum absolute atomic E-state index is 4.54. The maximum Gasteiger partial charge on any atom is 0.137 e. The number of hydrogen-bond donors (Lipinski definition) is 2. The number of hydrogen-bond acceptors (Lipinski definition) is 4. The van der Waals surface area contributed by atoms with Crippen molar-refractivity contribution < 1.29 is 0 Å². The van der Waals surface area contributed by atoms with Gasteiger partial charge in [0.15, 0.2) is 0 Å². The fourth-order valence-electron chi connectivity index (χ4n) is 3.24. The van der Waals surface area contributed by atoms with Gasteiger partial charge < -0.3 is 10.3 Å². The summed E-state index contributed by atoms with van der Waals surface area (Å²) in [7, 11) is 0. The molecule has 4 rings (SSSR count). The Hall–Kier alpha value is -2.21. The predicted octanol–water partition coefficient (Wildman–Crippen LogP) is 3.04. The van der Waals surface area contributed by atoms with E-state index in [4.69, 9.17) is 0 Å². The minimum Gasteiger partial charge on any atom is -0.341 e. The van der Waals surface area contributed by atoms with Gasteiger partial charge in [0, 0.05) is 62.1 Å². The third-order valence-electron chi connectivity index (χ3n) is 4.47. The van der Waals surface area contributed by atoms with Gasteiger partial charge in [-0.15, -0.1) is 12.4 Å². The summed E-state index contributed by atoms with van der Waals surface area (Å²) in [6, 6.07) is 14.7. The first kappa shape index (κ1) is 17.6. The molecule has 2 aromatic heterocycles. The first-order valence-electron chi connectivity index (χ1n) is 8.34. The molecule has 0 radical (unpaired) electrons. The number of halogens is 1. The molecule has 5 nitrogen and oxygen atoms in total. The van der Waals surface area contributed by atoms with Crippen molar-refractivity contribution in [2.45, 2.75) is 12.6 Å². The molecule has 1 atom stereocenters. The number of H-pyrrole nitrogens is 1. The molecular formula is C19H22ClN5. The molecule has 1 fully saturated rings. The molecule has 0 amide bonds. The lowest BCUT2D eigenvalue weighted by molar-refractivity contribution is 0.152. The number of nitrogens with one attached hydrogen (secondary N) is 2. The number of aromatic amines is 1. The van der Waals surface area contributed by atoms with Gasteiger partial charge in [-0.1, -0.05) is 36.4 Å². The van der Waals surface area contributed by atoms with Gasteiger partial charge in [0.05, 0.1) is 0 Å². The van der Waals surface area contributed by atoms with Gasteiger partial charge in [-0.2, -0.15) is 0 Å². The lowest BCUT2D eigenvalue weighted by atomic mass is 10.1. The molecule has 6 heteroatoms. The third-order valence-corrected chi connectivity index (χ3v) is 4.47. The molecule has 0 spiro atoms. The molecule has 0 bridgehead atoms. The van der Waals surface area contributed by atoms with Gasteiger partial charge in [-0.3, -0.25) is 9.88 Å². The topological polar surface area (TPSA) is 56.8 Å². The van der Waals surface area contributed by atoms with Crippen LogP contribution in [0, 0.1) is 0 Å². The number of imidazole rings is 1. The summed E-state index contributed by atoms with van der Waals surface area (Å²) in [5, 5.41) is 3.48. The summed E-state index contributed by atoms with van der Waals surface area (Å²) in [6.45, 7) is 3.84. The van der Waals surface area contributed by atoms with Crippen LogP contribution in [0.2, 0.25) is 0 Å².